The molecule has 0 aromatic carbocycles. The fourth-order valence-electron chi connectivity index (χ4n) is 1.19. The monoisotopic (exact) mass is 358 g/mol. The summed E-state index contributed by atoms with van der Waals surface area (Å²) < 4.78 is 73.9. The van der Waals surface area contributed by atoms with Gasteiger partial charge in [-0.2, -0.15) is 26.3 Å². The lowest BCUT2D eigenvalue weighted by Gasteiger charge is -2.29. The molecule has 0 amide bonds. The van der Waals surface area contributed by atoms with Crippen LogP contribution in [0, 0.1) is 0 Å². The first-order valence-corrected chi connectivity index (χ1v) is 6.27. The zero-order valence-electron chi connectivity index (χ0n) is 10.00. The Kier molecular flexibility index (Phi) is 6.64. The van der Waals surface area contributed by atoms with Crippen molar-refractivity contribution in [2.24, 2.45) is 0 Å². The fraction of sp³-hybridized carbons (Fsp3) is 0.900. The molecular weight excluding hydrogens is 346 g/mol. The first kappa shape index (κ1) is 18.5. The molecule has 114 valence electrons. The average molecular weight is 359 g/mol. The highest BCUT2D eigenvalue weighted by Gasteiger charge is 2.75. The van der Waals surface area contributed by atoms with Crippen LogP contribution in [0.1, 0.15) is 32.6 Å². The van der Waals surface area contributed by atoms with Gasteiger partial charge in [-0.3, -0.25) is 0 Å². The molecule has 0 atom stereocenters. The van der Waals surface area contributed by atoms with Crippen LogP contribution in [0.15, 0.2) is 0 Å². The van der Waals surface area contributed by atoms with E-state index in [0.717, 1.165) is 12.8 Å². The Hall–Kier alpha value is -0.470. The van der Waals surface area contributed by atoms with E-state index in [1.807, 2.05) is 6.92 Å². The second-order valence-corrected chi connectivity index (χ2v) is 5.04. The second-order valence-electron chi connectivity index (χ2n) is 3.85. The van der Waals surface area contributed by atoms with Crippen LogP contribution < -0.4 is 0 Å². The summed E-state index contributed by atoms with van der Waals surface area (Å²) in [5.41, 5.74) is 0. The summed E-state index contributed by atoms with van der Waals surface area (Å²) in [7, 11) is 0. The number of carbonyl (C=O) groups excluding carboxylic acids is 1. The van der Waals surface area contributed by atoms with Crippen LogP contribution in [-0.2, 0) is 9.53 Å². The highest BCUT2D eigenvalue weighted by molar-refractivity contribution is 9.10. The molecule has 0 aliphatic carbocycles. The third kappa shape index (κ3) is 4.54. The Morgan fingerprint density at radius 3 is 1.84 bits per heavy atom. The lowest BCUT2D eigenvalue weighted by atomic mass is 10.1. The number of ether oxygens (including phenoxy) is 1. The van der Waals surface area contributed by atoms with E-state index in [-0.39, 0.29) is 6.42 Å². The zero-order chi connectivity index (χ0) is 15.3. The van der Waals surface area contributed by atoms with Crippen LogP contribution in [0.4, 0.5) is 26.3 Å². The number of unbranched alkanes of at least 4 members (excludes halogenated alkanes) is 3. The van der Waals surface area contributed by atoms with Gasteiger partial charge in [0.2, 0.25) is 0 Å². The Balaban J connectivity index is 4.69. The van der Waals surface area contributed by atoms with Crippen molar-refractivity contribution in [3.05, 3.63) is 0 Å². The maximum Gasteiger partial charge on any atom is 0.423 e. The summed E-state index contributed by atoms with van der Waals surface area (Å²) in [6.45, 7) is 1.40. The molecular formula is C10H13BrF6O2. The molecule has 0 aromatic heterocycles. The summed E-state index contributed by atoms with van der Waals surface area (Å²) >= 11 is 1.45. The van der Waals surface area contributed by atoms with Crippen molar-refractivity contribution in [3.63, 3.8) is 0 Å². The third-order valence-electron chi connectivity index (χ3n) is 2.29. The molecule has 0 spiro atoms. The van der Waals surface area contributed by atoms with Crippen LogP contribution in [0.25, 0.3) is 0 Å². The van der Waals surface area contributed by atoms with E-state index in [4.69, 9.17) is 0 Å². The van der Waals surface area contributed by atoms with Crippen LogP contribution in [0.2, 0.25) is 0 Å². The van der Waals surface area contributed by atoms with Gasteiger partial charge in [0.1, 0.15) is 0 Å². The molecule has 2 nitrogen and oxygen atoms in total. The van der Waals surface area contributed by atoms with Gasteiger partial charge in [0.25, 0.3) is 0 Å². The van der Waals surface area contributed by atoms with Gasteiger partial charge in [0.05, 0.1) is 6.61 Å². The molecule has 9 heteroatoms. The molecule has 0 saturated carbocycles. The van der Waals surface area contributed by atoms with E-state index in [0.29, 0.717) is 6.42 Å². The van der Waals surface area contributed by atoms with Gasteiger partial charge in [0, 0.05) is 0 Å². The minimum absolute atomic E-state index is 0.221. The normalized spacial score (nSPS) is 13.5. The van der Waals surface area contributed by atoms with Crippen molar-refractivity contribution >= 4 is 21.9 Å². The van der Waals surface area contributed by atoms with Crippen LogP contribution in [0.5, 0.6) is 0 Å². The molecule has 0 unspecified atom stereocenters. The van der Waals surface area contributed by atoms with Crippen molar-refractivity contribution < 1.29 is 35.9 Å². The molecule has 0 aromatic rings. The number of hydrogen-bond acceptors (Lipinski definition) is 2. The van der Waals surface area contributed by atoms with Crippen LogP contribution in [-0.4, -0.2) is 29.3 Å². The molecule has 0 saturated heterocycles. The van der Waals surface area contributed by atoms with E-state index in [1.165, 1.54) is 15.9 Å². The summed E-state index contributed by atoms with van der Waals surface area (Å²) in [5, 5.41) is 0. The predicted octanol–water partition coefficient (Wildman–Crippen LogP) is 4.37. The largest absolute Gasteiger partial charge is 0.464 e. The highest BCUT2D eigenvalue weighted by Crippen LogP contribution is 2.50. The van der Waals surface area contributed by atoms with Crippen molar-refractivity contribution in [1.29, 1.82) is 0 Å². The topological polar surface area (TPSA) is 26.3 Å². The molecule has 0 N–H and O–H groups in total. The molecule has 0 fully saturated rings. The van der Waals surface area contributed by atoms with Gasteiger partial charge in [0.15, 0.2) is 0 Å². The Labute approximate surface area is 114 Å². The summed E-state index contributed by atoms with van der Waals surface area (Å²) in [6, 6.07) is 0. The van der Waals surface area contributed by atoms with Gasteiger partial charge in [-0.05, 0) is 6.42 Å². The lowest BCUT2D eigenvalue weighted by Crippen LogP contribution is -2.58. The van der Waals surface area contributed by atoms with Crippen molar-refractivity contribution in [2.75, 3.05) is 6.61 Å². The van der Waals surface area contributed by atoms with Gasteiger partial charge in [-0.1, -0.05) is 42.1 Å². The van der Waals surface area contributed by atoms with E-state index in [1.54, 1.807) is 0 Å². The minimum atomic E-state index is -5.83. The van der Waals surface area contributed by atoms with E-state index < -0.39 is 29.3 Å². The van der Waals surface area contributed by atoms with Gasteiger partial charge in [-0.15, -0.1) is 0 Å². The average Bonchev–Trinajstić information content (AvgIpc) is 2.24. The van der Waals surface area contributed by atoms with E-state index in [9.17, 15) is 31.1 Å². The number of carbonyl (C=O) groups is 1. The Bertz CT molecular complexity index is 285. The summed E-state index contributed by atoms with van der Waals surface area (Å²) in [4.78, 5) is 11.1. The SMILES string of the molecule is CCCCCCOC(=O)C(Br)(C(F)(F)F)C(F)(F)F. The summed E-state index contributed by atoms with van der Waals surface area (Å²) in [6.07, 6.45) is -9.27. The number of hydrogen-bond donors (Lipinski definition) is 0. The maximum atomic E-state index is 12.4. The minimum Gasteiger partial charge on any atom is -0.464 e. The number of halogens is 7. The van der Waals surface area contributed by atoms with E-state index >= 15 is 0 Å². The molecule has 19 heavy (non-hydrogen) atoms. The molecule has 0 radical (unpaired) electrons. The smallest absolute Gasteiger partial charge is 0.423 e. The lowest BCUT2D eigenvalue weighted by molar-refractivity contribution is -0.262. The molecule has 0 aliphatic rings. The number of rotatable bonds is 6. The third-order valence-corrected chi connectivity index (χ3v) is 3.52. The predicted molar refractivity (Wildman–Crippen MR) is 58.9 cm³/mol. The molecule has 0 bridgehead atoms. The second kappa shape index (κ2) is 6.81. The Morgan fingerprint density at radius 1 is 1.00 bits per heavy atom. The van der Waals surface area contributed by atoms with Crippen molar-refractivity contribution in [1.82, 2.24) is 0 Å². The zero-order valence-corrected chi connectivity index (χ0v) is 11.6. The van der Waals surface area contributed by atoms with Crippen molar-refractivity contribution in [2.45, 2.75) is 49.3 Å². The number of alkyl halides is 7. The van der Waals surface area contributed by atoms with Crippen LogP contribution in [0.3, 0.4) is 0 Å². The maximum absolute atomic E-state index is 12.4. The van der Waals surface area contributed by atoms with Gasteiger partial charge in [-0.25, -0.2) is 4.79 Å². The standard InChI is InChI=1S/C10H13BrF6O2/c1-2-3-4-5-6-19-7(18)8(11,9(12,13)14)10(15,16)17/h2-6H2,1H3. The summed E-state index contributed by atoms with van der Waals surface area (Å²) in [5.74, 6) is -2.39. The van der Waals surface area contributed by atoms with Gasteiger partial charge < -0.3 is 4.74 Å². The first-order valence-electron chi connectivity index (χ1n) is 5.48. The number of esters is 1. The van der Waals surface area contributed by atoms with E-state index in [2.05, 4.69) is 4.74 Å². The van der Waals surface area contributed by atoms with Crippen molar-refractivity contribution in [3.8, 4) is 0 Å². The first-order chi connectivity index (χ1) is 8.48. The quantitative estimate of drug-likeness (QED) is 0.305. The Morgan fingerprint density at radius 2 is 1.47 bits per heavy atom. The fourth-order valence-corrected chi connectivity index (χ4v) is 1.30. The molecule has 0 rings (SSSR count). The van der Waals surface area contributed by atoms with Crippen LogP contribution >= 0.6 is 15.9 Å². The highest BCUT2D eigenvalue weighted by atomic mass is 79.9. The molecule has 0 aliphatic heterocycles. The van der Waals surface area contributed by atoms with Gasteiger partial charge >= 0.3 is 22.6 Å². The molecule has 0 heterocycles.